The van der Waals surface area contributed by atoms with Gasteiger partial charge in [-0.25, -0.2) is 4.79 Å². The average Bonchev–Trinajstić information content (AvgIpc) is 2.59. The van der Waals surface area contributed by atoms with E-state index in [1.165, 1.54) is 38.5 Å². The van der Waals surface area contributed by atoms with Crippen LogP contribution in [0.2, 0.25) is 5.02 Å². The third-order valence-corrected chi connectivity index (χ3v) is 7.14. The van der Waals surface area contributed by atoms with Crippen molar-refractivity contribution >= 4 is 23.5 Å². The molecule has 4 fully saturated rings. The molecule has 0 radical (unpaired) electrons. The molecule has 4 aliphatic rings. The number of ether oxygens (including phenoxy) is 1. The first-order valence-corrected chi connectivity index (χ1v) is 10.0. The van der Waals surface area contributed by atoms with Gasteiger partial charge in [-0.15, -0.1) is 0 Å². The summed E-state index contributed by atoms with van der Waals surface area (Å²) in [6.45, 7) is 1.86. The molecule has 0 aliphatic heterocycles. The lowest BCUT2D eigenvalue weighted by atomic mass is 9.48. The molecule has 0 spiro atoms. The van der Waals surface area contributed by atoms with Gasteiger partial charge in [0.2, 0.25) is 0 Å². The molecular weight excluding hydrogens is 350 g/mol. The van der Waals surface area contributed by atoms with Crippen LogP contribution in [0.4, 0.5) is 0 Å². The van der Waals surface area contributed by atoms with E-state index in [0.717, 1.165) is 17.8 Å². The van der Waals surface area contributed by atoms with Gasteiger partial charge in [0.1, 0.15) is 0 Å². The average molecular weight is 376 g/mol. The number of amides is 1. The number of carbonyl (C=O) groups is 2. The van der Waals surface area contributed by atoms with Crippen molar-refractivity contribution in [1.29, 1.82) is 0 Å². The van der Waals surface area contributed by atoms with Crippen LogP contribution in [-0.4, -0.2) is 24.5 Å². The summed E-state index contributed by atoms with van der Waals surface area (Å²) in [6.07, 6.45) is 7.86. The minimum absolute atomic E-state index is 0.127. The van der Waals surface area contributed by atoms with Crippen LogP contribution in [-0.2, 0) is 9.53 Å². The Kier molecular flexibility index (Phi) is 4.72. The molecule has 1 N–H and O–H groups in total. The topological polar surface area (TPSA) is 55.4 Å². The molecule has 0 heterocycles. The lowest BCUT2D eigenvalue weighted by molar-refractivity contribution is -0.128. The minimum atomic E-state index is -0.562. The monoisotopic (exact) mass is 375 g/mol. The van der Waals surface area contributed by atoms with Crippen molar-refractivity contribution in [3.63, 3.8) is 0 Å². The quantitative estimate of drug-likeness (QED) is 0.784. The van der Waals surface area contributed by atoms with E-state index in [-0.39, 0.29) is 29.5 Å². The molecule has 0 aromatic heterocycles. The molecule has 5 rings (SSSR count). The molecular formula is C21H26ClNO3. The number of halogens is 1. The fraction of sp³-hybridized carbons (Fsp3) is 0.619. The number of benzene rings is 1. The number of nitrogens with one attached hydrogen (secondary N) is 1. The minimum Gasteiger partial charge on any atom is -0.452 e. The number of rotatable bonds is 5. The lowest BCUT2D eigenvalue weighted by Crippen LogP contribution is -2.56. The van der Waals surface area contributed by atoms with Crippen molar-refractivity contribution in [2.24, 2.45) is 23.2 Å². The van der Waals surface area contributed by atoms with E-state index >= 15 is 0 Å². The van der Waals surface area contributed by atoms with E-state index in [1.807, 2.05) is 0 Å². The first-order valence-electron chi connectivity index (χ1n) is 9.66. The second-order valence-corrected chi connectivity index (χ2v) is 9.03. The Morgan fingerprint density at radius 3 is 2.31 bits per heavy atom. The van der Waals surface area contributed by atoms with Crippen LogP contribution in [0.5, 0.6) is 0 Å². The molecule has 1 atom stereocenters. The maximum Gasteiger partial charge on any atom is 0.340 e. The van der Waals surface area contributed by atoms with Crippen molar-refractivity contribution in [3.05, 3.63) is 34.9 Å². The second kappa shape index (κ2) is 6.88. The van der Waals surface area contributed by atoms with E-state index in [4.69, 9.17) is 16.3 Å². The Morgan fingerprint density at radius 1 is 1.15 bits per heavy atom. The molecule has 140 valence electrons. The van der Waals surface area contributed by atoms with Gasteiger partial charge in [0.05, 0.1) is 10.6 Å². The molecule has 4 nitrogen and oxygen atoms in total. The number of hydrogen-bond acceptors (Lipinski definition) is 3. The fourth-order valence-electron chi connectivity index (χ4n) is 5.98. The Bertz CT molecular complexity index is 682. The van der Waals surface area contributed by atoms with Gasteiger partial charge in [0, 0.05) is 6.04 Å². The zero-order chi connectivity index (χ0) is 18.3. The summed E-state index contributed by atoms with van der Waals surface area (Å²) < 4.78 is 5.16. The number of hydrogen-bond donors (Lipinski definition) is 1. The normalized spacial score (nSPS) is 32.9. The molecule has 26 heavy (non-hydrogen) atoms. The molecule has 1 amide bonds. The summed E-state index contributed by atoms with van der Waals surface area (Å²) in [5, 5.41) is 3.44. The van der Waals surface area contributed by atoms with Gasteiger partial charge in [-0.05, 0) is 80.8 Å². The van der Waals surface area contributed by atoms with Crippen LogP contribution in [0.25, 0.3) is 0 Å². The Balaban J connectivity index is 1.32. The third-order valence-electron chi connectivity index (χ3n) is 6.81. The van der Waals surface area contributed by atoms with E-state index in [2.05, 4.69) is 12.2 Å². The molecule has 4 saturated carbocycles. The van der Waals surface area contributed by atoms with Gasteiger partial charge in [-0.2, -0.15) is 0 Å². The number of carbonyl (C=O) groups excluding carboxylic acids is 2. The summed E-state index contributed by atoms with van der Waals surface area (Å²) in [5.74, 6) is 1.75. The van der Waals surface area contributed by atoms with E-state index in [1.54, 1.807) is 24.3 Å². The van der Waals surface area contributed by atoms with Crippen LogP contribution in [0.1, 0.15) is 55.8 Å². The third kappa shape index (κ3) is 3.36. The molecule has 1 aromatic rings. The summed E-state index contributed by atoms with van der Waals surface area (Å²) in [6, 6.07) is 6.83. The highest BCUT2D eigenvalue weighted by Crippen LogP contribution is 2.61. The van der Waals surface area contributed by atoms with Gasteiger partial charge < -0.3 is 10.1 Å². The van der Waals surface area contributed by atoms with Crippen molar-refractivity contribution in [2.45, 2.75) is 51.5 Å². The largest absolute Gasteiger partial charge is 0.452 e. The van der Waals surface area contributed by atoms with Crippen LogP contribution in [0.15, 0.2) is 24.3 Å². The van der Waals surface area contributed by atoms with Crippen molar-refractivity contribution in [1.82, 2.24) is 5.32 Å². The zero-order valence-corrected chi connectivity index (χ0v) is 15.9. The summed E-state index contributed by atoms with van der Waals surface area (Å²) >= 11 is 5.99. The van der Waals surface area contributed by atoms with Gasteiger partial charge >= 0.3 is 5.97 Å². The Morgan fingerprint density at radius 2 is 1.73 bits per heavy atom. The van der Waals surface area contributed by atoms with Gasteiger partial charge in [0.25, 0.3) is 5.91 Å². The summed E-state index contributed by atoms with van der Waals surface area (Å²) in [5.41, 5.74) is 0.535. The molecule has 0 saturated heterocycles. The molecule has 5 heteroatoms. The van der Waals surface area contributed by atoms with Crippen molar-refractivity contribution in [2.75, 3.05) is 6.61 Å². The van der Waals surface area contributed by atoms with Gasteiger partial charge in [-0.3, -0.25) is 4.79 Å². The predicted molar refractivity (Wildman–Crippen MR) is 99.9 cm³/mol. The second-order valence-electron chi connectivity index (χ2n) is 8.63. The van der Waals surface area contributed by atoms with Gasteiger partial charge in [-0.1, -0.05) is 23.7 Å². The van der Waals surface area contributed by atoms with Crippen molar-refractivity contribution in [3.8, 4) is 0 Å². The smallest absolute Gasteiger partial charge is 0.340 e. The zero-order valence-electron chi connectivity index (χ0n) is 15.2. The maximum atomic E-state index is 12.3. The summed E-state index contributed by atoms with van der Waals surface area (Å²) in [4.78, 5) is 24.4. The first-order chi connectivity index (χ1) is 12.4. The fourth-order valence-corrected chi connectivity index (χ4v) is 6.19. The Hall–Kier alpha value is -1.55. The molecule has 1 aromatic carbocycles. The standard InChI is InChI=1S/C21H26ClNO3/c1-13(21-9-14-6-15(10-21)8-16(7-14)11-21)23-19(24)12-26-20(25)17-4-2-3-5-18(17)22/h2-5,13-16H,6-12H2,1H3,(H,23,24)/t13-,14?,15?,16?,21?/m1/s1. The van der Waals surface area contributed by atoms with Crippen molar-refractivity contribution < 1.29 is 14.3 Å². The highest BCUT2D eigenvalue weighted by Gasteiger charge is 2.53. The molecule has 4 aliphatic carbocycles. The van der Waals surface area contributed by atoms with Gasteiger partial charge in [0.15, 0.2) is 6.61 Å². The highest BCUT2D eigenvalue weighted by molar-refractivity contribution is 6.33. The SMILES string of the molecule is C[C@@H](NC(=O)COC(=O)c1ccccc1Cl)C12CC3CC(CC(C3)C1)C2. The predicted octanol–water partition coefficient (Wildman–Crippen LogP) is 4.22. The first kappa shape index (κ1) is 17.8. The lowest BCUT2D eigenvalue weighted by Gasteiger charge is -2.59. The number of esters is 1. The molecule has 0 unspecified atom stereocenters. The molecule has 4 bridgehead atoms. The van der Waals surface area contributed by atoms with Crippen LogP contribution >= 0.6 is 11.6 Å². The van der Waals surface area contributed by atoms with Crippen LogP contribution in [0.3, 0.4) is 0 Å². The van der Waals surface area contributed by atoms with E-state index < -0.39 is 5.97 Å². The highest BCUT2D eigenvalue weighted by atomic mass is 35.5. The maximum absolute atomic E-state index is 12.3. The van der Waals surface area contributed by atoms with Crippen LogP contribution < -0.4 is 5.32 Å². The van der Waals surface area contributed by atoms with Crippen LogP contribution in [0, 0.1) is 23.2 Å². The van der Waals surface area contributed by atoms with E-state index in [0.29, 0.717) is 5.02 Å². The van der Waals surface area contributed by atoms with E-state index in [9.17, 15) is 9.59 Å². The Labute approximate surface area is 159 Å². The summed E-state index contributed by atoms with van der Waals surface area (Å²) in [7, 11) is 0.